The SMILES string of the molecule is [C-]#[N+]c1ccc2c(sc3c(-c4cc(C(C)C)cc[n+]4C)c(C)ccc32)c1-c1ccccc1. The number of pyridine rings is 1. The number of thiophene rings is 1. The van der Waals surface area contributed by atoms with Gasteiger partial charge in [-0.2, -0.15) is 0 Å². The summed E-state index contributed by atoms with van der Waals surface area (Å²) in [4.78, 5) is 3.86. The molecule has 3 aromatic carbocycles. The third-order valence-corrected chi connectivity index (χ3v) is 7.53. The van der Waals surface area contributed by atoms with Crippen molar-refractivity contribution in [1.29, 1.82) is 0 Å². The first-order chi connectivity index (χ1) is 15.5. The molecule has 0 saturated carbocycles. The molecule has 0 N–H and O–H groups in total. The van der Waals surface area contributed by atoms with E-state index in [1.165, 1.54) is 42.6 Å². The van der Waals surface area contributed by atoms with Gasteiger partial charge in [0.25, 0.3) is 0 Å². The number of hydrogen-bond acceptors (Lipinski definition) is 1. The highest BCUT2D eigenvalue weighted by molar-refractivity contribution is 7.27. The highest BCUT2D eigenvalue weighted by Gasteiger charge is 2.22. The molecule has 2 heterocycles. The fourth-order valence-corrected chi connectivity index (χ4v) is 5.95. The first-order valence-corrected chi connectivity index (χ1v) is 11.7. The molecule has 5 rings (SSSR count). The van der Waals surface area contributed by atoms with Crippen molar-refractivity contribution >= 4 is 37.2 Å². The summed E-state index contributed by atoms with van der Waals surface area (Å²) in [5, 5.41) is 2.48. The largest absolute Gasteiger partial charge is 0.237 e. The zero-order valence-corrected chi connectivity index (χ0v) is 19.6. The van der Waals surface area contributed by atoms with E-state index in [-0.39, 0.29) is 0 Å². The van der Waals surface area contributed by atoms with E-state index in [1.54, 1.807) is 0 Å². The maximum Gasteiger partial charge on any atom is 0.214 e. The molecule has 156 valence electrons. The highest BCUT2D eigenvalue weighted by Crippen LogP contribution is 2.47. The Morgan fingerprint density at radius 3 is 2.25 bits per heavy atom. The molecule has 5 aromatic rings. The van der Waals surface area contributed by atoms with Crippen molar-refractivity contribution in [3.05, 3.63) is 95.5 Å². The molecule has 0 unspecified atom stereocenters. The molecule has 2 aromatic heterocycles. The van der Waals surface area contributed by atoms with Crippen molar-refractivity contribution < 1.29 is 4.57 Å². The Hall–Kier alpha value is -3.48. The number of benzene rings is 3. The van der Waals surface area contributed by atoms with Gasteiger partial charge in [-0.3, -0.25) is 0 Å². The number of nitrogens with zero attached hydrogens (tertiary/aromatic N) is 2. The van der Waals surface area contributed by atoms with Gasteiger partial charge < -0.3 is 0 Å². The quantitative estimate of drug-likeness (QED) is 0.200. The number of aromatic nitrogens is 1. The molecule has 0 radical (unpaired) electrons. The van der Waals surface area contributed by atoms with Crippen LogP contribution in [0.2, 0.25) is 0 Å². The Kier molecular flexibility index (Phi) is 5.04. The van der Waals surface area contributed by atoms with Gasteiger partial charge in [0.2, 0.25) is 5.69 Å². The molecular formula is C29H25N2S+. The normalized spacial score (nSPS) is 11.4. The second-order valence-electron chi connectivity index (χ2n) is 8.66. The average molecular weight is 434 g/mol. The van der Waals surface area contributed by atoms with E-state index in [9.17, 15) is 0 Å². The topological polar surface area (TPSA) is 8.24 Å². The molecule has 0 spiro atoms. The van der Waals surface area contributed by atoms with Gasteiger partial charge in [-0.15, -0.1) is 11.3 Å². The lowest BCUT2D eigenvalue weighted by Crippen LogP contribution is -2.30. The van der Waals surface area contributed by atoms with Gasteiger partial charge in [0.15, 0.2) is 11.9 Å². The average Bonchev–Trinajstić information content (AvgIpc) is 3.18. The summed E-state index contributed by atoms with van der Waals surface area (Å²) in [6, 6.07) is 23.4. The summed E-state index contributed by atoms with van der Waals surface area (Å²) in [5.74, 6) is 0.475. The predicted molar refractivity (Wildman–Crippen MR) is 136 cm³/mol. The van der Waals surface area contributed by atoms with Crippen LogP contribution in [0.5, 0.6) is 0 Å². The van der Waals surface area contributed by atoms with E-state index < -0.39 is 0 Å². The van der Waals surface area contributed by atoms with Gasteiger partial charge in [-0.1, -0.05) is 68.4 Å². The molecule has 0 aliphatic carbocycles. The van der Waals surface area contributed by atoms with E-state index in [4.69, 9.17) is 6.57 Å². The summed E-state index contributed by atoms with van der Waals surface area (Å²) in [6.07, 6.45) is 2.17. The molecule has 0 saturated heterocycles. The van der Waals surface area contributed by atoms with Crippen LogP contribution >= 0.6 is 11.3 Å². The zero-order chi connectivity index (χ0) is 22.4. The number of rotatable bonds is 3. The predicted octanol–water partition coefficient (Wildman–Crippen LogP) is 8.20. The first kappa shape index (κ1) is 20.4. The summed E-state index contributed by atoms with van der Waals surface area (Å²) < 4.78 is 4.70. The molecule has 0 atom stereocenters. The monoisotopic (exact) mass is 433 g/mol. The summed E-state index contributed by atoms with van der Waals surface area (Å²) >= 11 is 1.81. The summed E-state index contributed by atoms with van der Waals surface area (Å²) in [7, 11) is 2.12. The standard InChI is InChI=1S/C29H25N2S/c1-18(2)21-15-16-31(5)25(17-21)26-19(3)11-12-22-23-13-14-24(30-4)27(29(23)32-28(22)26)20-9-7-6-8-10-20/h6-18H,1-3,5H3/q+1. The van der Waals surface area contributed by atoms with Gasteiger partial charge in [-0.25, -0.2) is 9.41 Å². The molecule has 0 bridgehead atoms. The van der Waals surface area contributed by atoms with Crippen LogP contribution in [0, 0.1) is 13.5 Å². The van der Waals surface area contributed by atoms with Gasteiger partial charge in [0.05, 0.1) is 12.1 Å². The van der Waals surface area contributed by atoms with Crippen molar-refractivity contribution in [2.24, 2.45) is 7.05 Å². The lowest BCUT2D eigenvalue weighted by Gasteiger charge is -2.10. The smallest absolute Gasteiger partial charge is 0.214 e. The van der Waals surface area contributed by atoms with E-state index in [0.717, 1.165) is 11.1 Å². The minimum atomic E-state index is 0.475. The molecule has 0 fully saturated rings. The van der Waals surface area contributed by atoms with Crippen LogP contribution in [0.25, 0.3) is 47.4 Å². The lowest BCUT2D eigenvalue weighted by atomic mass is 9.96. The van der Waals surface area contributed by atoms with Crippen LogP contribution in [0.1, 0.15) is 30.9 Å². The minimum absolute atomic E-state index is 0.475. The number of hydrogen-bond donors (Lipinski definition) is 0. The molecule has 2 nitrogen and oxygen atoms in total. The van der Waals surface area contributed by atoms with Gasteiger partial charge in [0, 0.05) is 32.5 Å². The van der Waals surface area contributed by atoms with E-state index in [2.05, 4.69) is 85.9 Å². The maximum atomic E-state index is 7.77. The molecule has 32 heavy (non-hydrogen) atoms. The van der Waals surface area contributed by atoms with Crippen molar-refractivity contribution in [2.45, 2.75) is 26.7 Å². The van der Waals surface area contributed by atoms with E-state index in [1.807, 2.05) is 35.6 Å². The Labute approximate surface area is 193 Å². The maximum absolute atomic E-state index is 7.77. The molecule has 3 heteroatoms. The van der Waals surface area contributed by atoms with Crippen molar-refractivity contribution in [2.75, 3.05) is 0 Å². The molecular weight excluding hydrogens is 408 g/mol. The third-order valence-electron chi connectivity index (χ3n) is 6.28. The van der Waals surface area contributed by atoms with Gasteiger partial charge >= 0.3 is 0 Å². The molecule has 0 amide bonds. The Morgan fingerprint density at radius 2 is 1.56 bits per heavy atom. The van der Waals surface area contributed by atoms with E-state index in [0.29, 0.717) is 11.6 Å². The second kappa shape index (κ2) is 7.89. The fourth-order valence-electron chi connectivity index (χ4n) is 4.48. The van der Waals surface area contributed by atoms with Crippen molar-refractivity contribution in [3.8, 4) is 22.4 Å². The van der Waals surface area contributed by atoms with Crippen LogP contribution in [0.15, 0.2) is 72.9 Å². The molecule has 0 aliphatic heterocycles. The van der Waals surface area contributed by atoms with Gasteiger partial charge in [0.1, 0.15) is 7.05 Å². The minimum Gasteiger partial charge on any atom is -0.237 e. The fraction of sp³-hybridized carbons (Fsp3) is 0.172. The first-order valence-electron chi connectivity index (χ1n) is 10.9. The number of aryl methyl sites for hydroxylation is 2. The Balaban J connectivity index is 1.90. The Morgan fingerprint density at radius 1 is 0.875 bits per heavy atom. The van der Waals surface area contributed by atoms with Crippen LogP contribution in [0.3, 0.4) is 0 Å². The molecule has 0 aliphatic rings. The highest BCUT2D eigenvalue weighted by atomic mass is 32.1. The Bertz CT molecular complexity index is 1520. The van der Waals surface area contributed by atoms with Crippen LogP contribution in [-0.2, 0) is 7.05 Å². The lowest BCUT2D eigenvalue weighted by molar-refractivity contribution is -0.660. The summed E-state index contributed by atoms with van der Waals surface area (Å²) in [6.45, 7) is 14.5. The van der Waals surface area contributed by atoms with Crippen LogP contribution in [-0.4, -0.2) is 0 Å². The zero-order valence-electron chi connectivity index (χ0n) is 18.8. The van der Waals surface area contributed by atoms with Crippen LogP contribution in [0.4, 0.5) is 5.69 Å². The van der Waals surface area contributed by atoms with Crippen LogP contribution < -0.4 is 4.57 Å². The van der Waals surface area contributed by atoms with Gasteiger partial charge in [-0.05, 0) is 34.9 Å². The second-order valence-corrected chi connectivity index (χ2v) is 9.68. The summed E-state index contributed by atoms with van der Waals surface area (Å²) in [5.41, 5.74) is 7.99. The van der Waals surface area contributed by atoms with Crippen molar-refractivity contribution in [3.63, 3.8) is 0 Å². The van der Waals surface area contributed by atoms with Crippen molar-refractivity contribution in [1.82, 2.24) is 0 Å². The number of fused-ring (bicyclic) bond motifs is 3. The third kappa shape index (κ3) is 3.20. The van der Waals surface area contributed by atoms with E-state index >= 15 is 0 Å².